The smallest absolute Gasteiger partial charge is 0.203 e. The van der Waals surface area contributed by atoms with Gasteiger partial charge >= 0.3 is 0 Å². The average molecular weight is 649 g/mol. The quantitative estimate of drug-likeness (QED) is 0.194. The number of fused-ring (bicyclic) bond motifs is 1. The SMILES string of the molecule is CC(C)=CCc1c(O)cc(O)c2c1OC(c1ccc(O)cc1)C(OC1OC(C)C(O)C(O)C1OC1OC(C)C(O)C(O)C1O)C2=O. The van der Waals surface area contributed by atoms with E-state index in [1.165, 1.54) is 38.1 Å². The van der Waals surface area contributed by atoms with Gasteiger partial charge < -0.3 is 64.5 Å². The molecule has 3 heterocycles. The van der Waals surface area contributed by atoms with E-state index in [9.17, 15) is 45.6 Å². The molecule has 3 aliphatic heterocycles. The van der Waals surface area contributed by atoms with Gasteiger partial charge in [0.15, 0.2) is 24.8 Å². The Labute approximate surface area is 264 Å². The molecule has 252 valence electrons. The van der Waals surface area contributed by atoms with Crippen LogP contribution in [0.4, 0.5) is 0 Å². The fraction of sp³-hybridized carbons (Fsp3) is 0.531. The number of ether oxygens (including phenoxy) is 5. The third-order valence-electron chi connectivity index (χ3n) is 8.47. The highest BCUT2D eigenvalue weighted by molar-refractivity contribution is 6.06. The van der Waals surface area contributed by atoms with Crippen molar-refractivity contribution in [3.63, 3.8) is 0 Å². The Morgan fingerprint density at radius 3 is 2.04 bits per heavy atom. The third-order valence-corrected chi connectivity index (χ3v) is 8.47. The number of rotatable bonds is 7. The number of aromatic hydroxyl groups is 3. The molecule has 0 amide bonds. The van der Waals surface area contributed by atoms with Gasteiger partial charge in [0.25, 0.3) is 0 Å². The number of phenolic OH excluding ortho intramolecular Hbond substituents is 3. The number of carbonyl (C=O) groups is 1. The van der Waals surface area contributed by atoms with E-state index in [0.717, 1.165) is 11.6 Å². The molecule has 0 spiro atoms. The van der Waals surface area contributed by atoms with Gasteiger partial charge in [-0.2, -0.15) is 0 Å². The summed E-state index contributed by atoms with van der Waals surface area (Å²) in [5.41, 5.74) is 1.26. The molecule has 2 fully saturated rings. The molecular formula is C32H40O14. The van der Waals surface area contributed by atoms with Crippen molar-refractivity contribution in [2.45, 2.75) is 108 Å². The largest absolute Gasteiger partial charge is 0.508 e. The van der Waals surface area contributed by atoms with Crippen molar-refractivity contribution in [1.82, 2.24) is 0 Å². The zero-order valence-electron chi connectivity index (χ0n) is 25.6. The van der Waals surface area contributed by atoms with E-state index >= 15 is 0 Å². The first-order chi connectivity index (χ1) is 21.7. The Morgan fingerprint density at radius 2 is 1.41 bits per heavy atom. The molecule has 0 aliphatic carbocycles. The number of ketones is 1. The first-order valence-electron chi connectivity index (χ1n) is 14.9. The molecule has 0 bridgehead atoms. The summed E-state index contributed by atoms with van der Waals surface area (Å²) < 4.78 is 29.7. The summed E-state index contributed by atoms with van der Waals surface area (Å²) in [4.78, 5) is 14.2. The molecule has 46 heavy (non-hydrogen) atoms. The van der Waals surface area contributed by atoms with E-state index in [0.29, 0.717) is 5.56 Å². The molecule has 2 aromatic carbocycles. The van der Waals surface area contributed by atoms with Crippen LogP contribution in [-0.2, 0) is 25.4 Å². The van der Waals surface area contributed by atoms with Crippen molar-refractivity contribution in [1.29, 1.82) is 0 Å². The number of benzene rings is 2. The molecule has 5 rings (SSSR count). The summed E-state index contributed by atoms with van der Waals surface area (Å²) >= 11 is 0. The summed E-state index contributed by atoms with van der Waals surface area (Å²) in [5, 5.41) is 84.1. The number of Topliss-reactive ketones (excluding diaryl/α,β-unsaturated/α-hetero) is 1. The second kappa shape index (κ2) is 13.4. The van der Waals surface area contributed by atoms with E-state index in [2.05, 4.69) is 0 Å². The molecule has 0 saturated carbocycles. The van der Waals surface area contributed by atoms with Gasteiger partial charge in [-0.15, -0.1) is 0 Å². The summed E-state index contributed by atoms with van der Waals surface area (Å²) in [6.45, 7) is 6.59. The van der Waals surface area contributed by atoms with Crippen molar-refractivity contribution in [2.75, 3.05) is 0 Å². The zero-order valence-corrected chi connectivity index (χ0v) is 25.6. The maximum atomic E-state index is 14.2. The summed E-state index contributed by atoms with van der Waals surface area (Å²) in [6, 6.07) is 6.75. The van der Waals surface area contributed by atoms with Crippen LogP contribution in [0.2, 0.25) is 0 Å². The van der Waals surface area contributed by atoms with Gasteiger partial charge in [-0.05, 0) is 51.8 Å². The van der Waals surface area contributed by atoms with E-state index in [1.807, 2.05) is 19.9 Å². The Balaban J connectivity index is 1.54. The lowest BCUT2D eigenvalue weighted by Gasteiger charge is -2.46. The Bertz CT molecular complexity index is 1440. The Kier molecular flexibility index (Phi) is 9.94. The molecule has 8 N–H and O–H groups in total. The van der Waals surface area contributed by atoms with Crippen molar-refractivity contribution in [3.05, 3.63) is 58.7 Å². The minimum atomic E-state index is -1.77. The standard InChI is InChI=1S/C32H40O14/c1-12(2)5-10-17-18(34)11-19(35)20-23(38)29(27(44-28(17)20)15-6-8-16(33)9-7-15)45-32-30(25(40)22(37)14(4)43-32)46-31-26(41)24(39)21(36)13(3)42-31/h5-9,11,13-14,21-22,24-27,29-37,39-41H,10H2,1-4H3. The molecule has 3 aliphatic rings. The normalized spacial score (nSPS) is 36.1. The summed E-state index contributed by atoms with van der Waals surface area (Å²) in [5.74, 6) is -1.78. The van der Waals surface area contributed by atoms with Crippen LogP contribution < -0.4 is 4.74 Å². The van der Waals surface area contributed by atoms with E-state index < -0.39 is 85.2 Å². The highest BCUT2D eigenvalue weighted by atomic mass is 16.8. The first kappa shape index (κ1) is 34.0. The molecule has 0 aromatic heterocycles. The predicted octanol–water partition coefficient (Wildman–Crippen LogP) is 0.693. The van der Waals surface area contributed by atoms with Crippen LogP contribution >= 0.6 is 0 Å². The second-order valence-electron chi connectivity index (χ2n) is 12.1. The molecular weight excluding hydrogens is 608 g/mol. The van der Waals surface area contributed by atoms with E-state index in [-0.39, 0.29) is 34.8 Å². The zero-order chi connectivity index (χ0) is 33.6. The van der Waals surface area contributed by atoms with Crippen molar-refractivity contribution in [3.8, 4) is 23.0 Å². The third kappa shape index (κ3) is 6.45. The van der Waals surface area contributed by atoms with Crippen LogP contribution in [0.1, 0.15) is 55.3 Å². The molecule has 2 aromatic rings. The minimum Gasteiger partial charge on any atom is -0.508 e. The number of aliphatic hydroxyl groups excluding tert-OH is 5. The lowest BCUT2D eigenvalue weighted by molar-refractivity contribution is -0.366. The van der Waals surface area contributed by atoms with Gasteiger partial charge in [-0.25, -0.2) is 0 Å². The Hall–Kier alpha value is -3.31. The summed E-state index contributed by atoms with van der Waals surface area (Å²) in [7, 11) is 0. The van der Waals surface area contributed by atoms with Gasteiger partial charge in [0, 0.05) is 11.6 Å². The number of hydrogen-bond donors (Lipinski definition) is 8. The van der Waals surface area contributed by atoms with Gasteiger partial charge in [-0.3, -0.25) is 4.79 Å². The number of carbonyl (C=O) groups excluding carboxylic acids is 1. The lowest BCUT2D eigenvalue weighted by Crippen LogP contribution is -2.64. The van der Waals surface area contributed by atoms with Crippen LogP contribution in [0.5, 0.6) is 23.0 Å². The molecule has 14 nitrogen and oxygen atoms in total. The van der Waals surface area contributed by atoms with Crippen LogP contribution in [0, 0.1) is 0 Å². The molecule has 12 atom stereocenters. The highest BCUT2D eigenvalue weighted by Crippen LogP contribution is 2.47. The van der Waals surface area contributed by atoms with Crippen LogP contribution in [0.3, 0.4) is 0 Å². The monoisotopic (exact) mass is 648 g/mol. The Morgan fingerprint density at radius 1 is 0.804 bits per heavy atom. The first-order valence-corrected chi connectivity index (χ1v) is 14.9. The van der Waals surface area contributed by atoms with Crippen LogP contribution in [0.25, 0.3) is 0 Å². The molecule has 0 radical (unpaired) electrons. The fourth-order valence-electron chi connectivity index (χ4n) is 5.73. The van der Waals surface area contributed by atoms with E-state index in [1.54, 1.807) is 0 Å². The molecule has 2 saturated heterocycles. The van der Waals surface area contributed by atoms with Crippen molar-refractivity contribution < 1.29 is 69.3 Å². The van der Waals surface area contributed by atoms with E-state index in [4.69, 9.17) is 23.7 Å². The predicted molar refractivity (Wildman–Crippen MR) is 157 cm³/mol. The van der Waals surface area contributed by atoms with Gasteiger partial charge in [0.05, 0.1) is 12.2 Å². The number of allylic oxidation sites excluding steroid dienone is 2. The second-order valence-corrected chi connectivity index (χ2v) is 12.1. The van der Waals surface area contributed by atoms with Crippen molar-refractivity contribution in [2.24, 2.45) is 0 Å². The van der Waals surface area contributed by atoms with Gasteiger partial charge in [0.1, 0.15) is 65.2 Å². The topological polar surface area (TPSA) is 225 Å². The number of hydrogen-bond acceptors (Lipinski definition) is 14. The maximum absolute atomic E-state index is 14.2. The highest BCUT2D eigenvalue weighted by Gasteiger charge is 2.52. The van der Waals surface area contributed by atoms with Crippen LogP contribution in [0.15, 0.2) is 42.0 Å². The van der Waals surface area contributed by atoms with Gasteiger partial charge in [-0.1, -0.05) is 23.8 Å². The lowest BCUT2D eigenvalue weighted by atomic mass is 9.89. The summed E-state index contributed by atoms with van der Waals surface area (Å²) in [6.07, 6.45) is -15.8. The van der Waals surface area contributed by atoms with Gasteiger partial charge in [0.2, 0.25) is 5.78 Å². The number of phenols is 3. The minimum absolute atomic E-state index is 0.0640. The van der Waals surface area contributed by atoms with Crippen LogP contribution in [-0.4, -0.2) is 114 Å². The average Bonchev–Trinajstić information content (AvgIpc) is 3.00. The fourth-order valence-corrected chi connectivity index (χ4v) is 5.73. The molecule has 14 heteroatoms. The number of aliphatic hydroxyl groups is 5. The van der Waals surface area contributed by atoms with Crippen molar-refractivity contribution >= 4 is 5.78 Å². The maximum Gasteiger partial charge on any atom is 0.203 e. The molecule has 12 unspecified atom stereocenters.